The highest BCUT2D eigenvalue weighted by Gasteiger charge is 2.51. The van der Waals surface area contributed by atoms with E-state index in [-0.39, 0.29) is 29.7 Å². The smallest absolute Gasteiger partial charge is 0.308 e. The van der Waals surface area contributed by atoms with Gasteiger partial charge in [0.15, 0.2) is 0 Å². The lowest BCUT2D eigenvalue weighted by Gasteiger charge is -2.31. The first-order valence-corrected chi connectivity index (χ1v) is 7.27. The predicted molar refractivity (Wildman–Crippen MR) is 67.4 cm³/mol. The Morgan fingerprint density at radius 3 is 2.63 bits per heavy atom. The van der Waals surface area contributed by atoms with Crippen LogP contribution in [0, 0.1) is 23.7 Å². The van der Waals surface area contributed by atoms with Crippen LogP contribution in [0.2, 0.25) is 0 Å². The summed E-state index contributed by atoms with van der Waals surface area (Å²) in [5.74, 6) is -0.620. The molecule has 5 unspecified atom stereocenters. The van der Waals surface area contributed by atoms with Gasteiger partial charge in [-0.15, -0.1) is 0 Å². The second kappa shape index (κ2) is 5.12. The van der Waals surface area contributed by atoms with Crippen LogP contribution in [0.25, 0.3) is 0 Å². The largest absolute Gasteiger partial charge is 0.481 e. The van der Waals surface area contributed by atoms with Gasteiger partial charge in [-0.2, -0.15) is 0 Å². The molecule has 1 amide bonds. The summed E-state index contributed by atoms with van der Waals surface area (Å²) in [4.78, 5) is 23.6. The molecule has 3 aliphatic rings. The minimum atomic E-state index is -0.752. The molecule has 0 aromatic rings. The number of carboxylic acids is 1. The van der Waals surface area contributed by atoms with Gasteiger partial charge in [0.2, 0.25) is 5.91 Å². The fraction of sp³-hybridized carbons (Fsp3) is 0.857. The van der Waals surface area contributed by atoms with E-state index in [0.717, 1.165) is 38.7 Å². The molecule has 0 spiro atoms. The van der Waals surface area contributed by atoms with Crippen molar-refractivity contribution in [2.45, 2.75) is 38.1 Å². The van der Waals surface area contributed by atoms with Crippen LogP contribution in [-0.2, 0) is 14.3 Å². The quantitative estimate of drug-likeness (QED) is 0.800. The summed E-state index contributed by atoms with van der Waals surface area (Å²) >= 11 is 0. The maximum atomic E-state index is 12.2. The van der Waals surface area contributed by atoms with Gasteiger partial charge in [0, 0.05) is 12.6 Å². The third-order valence-electron chi connectivity index (χ3n) is 5.04. The Labute approximate surface area is 112 Å². The van der Waals surface area contributed by atoms with Crippen LogP contribution in [0.5, 0.6) is 0 Å². The van der Waals surface area contributed by atoms with E-state index in [4.69, 9.17) is 4.74 Å². The summed E-state index contributed by atoms with van der Waals surface area (Å²) in [5, 5.41) is 12.4. The highest BCUT2D eigenvalue weighted by atomic mass is 16.5. The first-order valence-electron chi connectivity index (χ1n) is 7.27. The third-order valence-corrected chi connectivity index (χ3v) is 5.04. The molecule has 2 N–H and O–H groups in total. The van der Waals surface area contributed by atoms with E-state index >= 15 is 0 Å². The topological polar surface area (TPSA) is 75.6 Å². The second-order valence-electron chi connectivity index (χ2n) is 6.15. The minimum absolute atomic E-state index is 0.0106. The lowest BCUT2D eigenvalue weighted by molar-refractivity contribution is -0.145. The Bertz CT molecular complexity index is 378. The number of hydrogen-bond acceptors (Lipinski definition) is 3. The SMILES string of the molecule is O=C(NC1C2CCC(C2)C1C(=O)O)C1CCCOC1. The molecule has 2 saturated carbocycles. The number of carboxylic acid groups (broad SMARTS) is 1. The van der Waals surface area contributed by atoms with Gasteiger partial charge in [0.05, 0.1) is 18.4 Å². The monoisotopic (exact) mass is 267 g/mol. The fourth-order valence-electron chi connectivity index (χ4n) is 4.08. The van der Waals surface area contributed by atoms with E-state index in [9.17, 15) is 14.7 Å². The number of amides is 1. The van der Waals surface area contributed by atoms with Crippen molar-refractivity contribution in [2.75, 3.05) is 13.2 Å². The molecular formula is C14H21NO4. The van der Waals surface area contributed by atoms with Crippen LogP contribution in [0.4, 0.5) is 0 Å². The van der Waals surface area contributed by atoms with Crippen molar-refractivity contribution < 1.29 is 19.4 Å². The molecular weight excluding hydrogens is 246 g/mol. The number of aliphatic carboxylic acids is 1. The molecule has 2 bridgehead atoms. The molecule has 19 heavy (non-hydrogen) atoms. The van der Waals surface area contributed by atoms with E-state index in [1.165, 1.54) is 0 Å². The average molecular weight is 267 g/mol. The van der Waals surface area contributed by atoms with Crippen molar-refractivity contribution in [3.8, 4) is 0 Å². The molecule has 5 atom stereocenters. The van der Waals surface area contributed by atoms with Gasteiger partial charge >= 0.3 is 5.97 Å². The lowest BCUT2D eigenvalue weighted by atomic mass is 9.84. The first kappa shape index (κ1) is 12.9. The Kier molecular flexibility index (Phi) is 3.48. The van der Waals surface area contributed by atoms with Crippen LogP contribution in [0.3, 0.4) is 0 Å². The highest BCUT2D eigenvalue weighted by Crippen LogP contribution is 2.48. The number of hydrogen-bond donors (Lipinski definition) is 2. The van der Waals surface area contributed by atoms with Crippen molar-refractivity contribution in [1.29, 1.82) is 0 Å². The maximum Gasteiger partial charge on any atom is 0.308 e. The molecule has 1 heterocycles. The van der Waals surface area contributed by atoms with E-state index < -0.39 is 5.97 Å². The number of nitrogens with one attached hydrogen (secondary N) is 1. The summed E-state index contributed by atoms with van der Waals surface area (Å²) in [5.41, 5.74) is 0. The molecule has 106 valence electrons. The zero-order valence-corrected chi connectivity index (χ0v) is 11.0. The Balaban J connectivity index is 1.64. The Morgan fingerprint density at radius 1 is 1.16 bits per heavy atom. The van der Waals surface area contributed by atoms with Crippen LogP contribution >= 0.6 is 0 Å². The number of carbonyl (C=O) groups is 2. The van der Waals surface area contributed by atoms with Gasteiger partial charge in [-0.1, -0.05) is 0 Å². The Morgan fingerprint density at radius 2 is 1.95 bits per heavy atom. The van der Waals surface area contributed by atoms with Gasteiger partial charge < -0.3 is 15.2 Å². The molecule has 3 fully saturated rings. The summed E-state index contributed by atoms with van der Waals surface area (Å²) in [6, 6.07) is -0.161. The molecule has 0 radical (unpaired) electrons. The van der Waals surface area contributed by atoms with E-state index in [1.807, 2.05) is 0 Å². The van der Waals surface area contributed by atoms with Crippen molar-refractivity contribution in [3.63, 3.8) is 0 Å². The number of fused-ring (bicyclic) bond motifs is 2. The zero-order valence-electron chi connectivity index (χ0n) is 11.0. The van der Waals surface area contributed by atoms with Crippen LogP contribution in [-0.4, -0.2) is 36.2 Å². The number of rotatable bonds is 3. The van der Waals surface area contributed by atoms with Gasteiger partial charge in [-0.05, 0) is 43.9 Å². The van der Waals surface area contributed by atoms with E-state index in [0.29, 0.717) is 12.5 Å². The van der Waals surface area contributed by atoms with Gasteiger partial charge in [-0.25, -0.2) is 0 Å². The molecule has 5 nitrogen and oxygen atoms in total. The van der Waals surface area contributed by atoms with Gasteiger partial charge in [0.25, 0.3) is 0 Å². The average Bonchev–Trinajstić information content (AvgIpc) is 3.00. The first-order chi connectivity index (χ1) is 9.16. The predicted octanol–water partition coefficient (Wildman–Crippen LogP) is 1.03. The number of ether oxygens (including phenoxy) is 1. The van der Waals surface area contributed by atoms with E-state index in [1.54, 1.807) is 0 Å². The summed E-state index contributed by atoms with van der Waals surface area (Å²) in [6.45, 7) is 1.21. The standard InChI is InChI=1S/C14H21NO4/c16-13(10-2-1-5-19-7-10)15-12-9-4-3-8(6-9)11(12)14(17)18/h8-12H,1-7H2,(H,15,16)(H,17,18). The van der Waals surface area contributed by atoms with Crippen molar-refractivity contribution >= 4 is 11.9 Å². The summed E-state index contributed by atoms with van der Waals surface area (Å²) in [6.07, 6.45) is 4.78. The van der Waals surface area contributed by atoms with Gasteiger partial charge in [-0.3, -0.25) is 9.59 Å². The lowest BCUT2D eigenvalue weighted by Crippen LogP contribution is -2.49. The molecule has 0 aromatic heterocycles. The van der Waals surface area contributed by atoms with Crippen LogP contribution < -0.4 is 5.32 Å². The fourth-order valence-corrected chi connectivity index (χ4v) is 4.08. The van der Waals surface area contributed by atoms with Gasteiger partial charge in [0.1, 0.15) is 0 Å². The zero-order chi connectivity index (χ0) is 13.4. The molecule has 3 rings (SSSR count). The van der Waals surface area contributed by atoms with E-state index in [2.05, 4.69) is 5.32 Å². The van der Waals surface area contributed by atoms with Crippen LogP contribution in [0.15, 0.2) is 0 Å². The third kappa shape index (κ3) is 2.36. The molecule has 1 aliphatic heterocycles. The normalized spacial score (nSPS) is 41.2. The maximum absolute atomic E-state index is 12.2. The summed E-state index contributed by atoms with van der Waals surface area (Å²) < 4.78 is 5.33. The van der Waals surface area contributed by atoms with Crippen molar-refractivity contribution in [2.24, 2.45) is 23.7 Å². The number of carbonyl (C=O) groups excluding carboxylic acids is 1. The molecule has 2 aliphatic carbocycles. The van der Waals surface area contributed by atoms with Crippen molar-refractivity contribution in [3.05, 3.63) is 0 Å². The highest BCUT2D eigenvalue weighted by molar-refractivity contribution is 5.81. The second-order valence-corrected chi connectivity index (χ2v) is 6.15. The molecule has 1 saturated heterocycles. The Hall–Kier alpha value is -1.10. The van der Waals surface area contributed by atoms with Crippen molar-refractivity contribution in [1.82, 2.24) is 5.32 Å². The molecule has 5 heteroatoms. The minimum Gasteiger partial charge on any atom is -0.481 e. The summed E-state index contributed by atoms with van der Waals surface area (Å²) in [7, 11) is 0. The van der Waals surface area contributed by atoms with Crippen LogP contribution in [0.1, 0.15) is 32.1 Å². The molecule has 0 aromatic carbocycles.